The number of hydrogen-bond acceptors (Lipinski definition) is 5. The van der Waals surface area contributed by atoms with Crippen LogP contribution in [0.2, 0.25) is 3.93 Å². The van der Waals surface area contributed by atoms with Crippen molar-refractivity contribution in [3.8, 4) is 0 Å². The van der Waals surface area contributed by atoms with Crippen LogP contribution in [0.25, 0.3) is 0 Å². The zero-order valence-corrected chi connectivity index (χ0v) is 13.3. The molecule has 0 saturated carbocycles. The Morgan fingerprint density at radius 3 is 3.08 bits per heavy atom. The van der Waals surface area contributed by atoms with E-state index in [-0.39, 0.29) is 18.4 Å². The molecule has 0 bridgehead atoms. The quantitative estimate of drug-likeness (QED) is 0.535. The van der Waals surface area contributed by atoms with Gasteiger partial charge in [-0.1, -0.05) is 0 Å². The summed E-state index contributed by atoms with van der Waals surface area (Å²) in [5.41, 5.74) is 0. The molecule has 1 aliphatic heterocycles. The molecule has 0 radical (unpaired) electrons. The van der Waals surface area contributed by atoms with Crippen LogP contribution in [0, 0.1) is 0 Å². The second kappa shape index (κ2) is 5.90. The van der Waals surface area contributed by atoms with Crippen molar-refractivity contribution in [2.45, 2.75) is 30.2 Å². The predicted molar refractivity (Wildman–Crippen MR) is 37.9 cm³/mol. The van der Waals surface area contributed by atoms with Gasteiger partial charge in [-0.05, 0) is 0 Å². The average molecular weight is 377 g/mol. The summed E-state index contributed by atoms with van der Waals surface area (Å²) in [6.07, 6.45) is -0.269. The Bertz CT molecular complexity index is 174. The fourth-order valence-corrected chi connectivity index (χ4v) is 4.80. The standard InChI is InChI=1S/C5H9O3.C2H4O2.Hg/c1-4-3-6-8-5(2)7-4;1-2(3)4;/h4-5H,1,3H2,2H3;1H3,(H,3,4);/q;;+1/p-1/t4-,5+;;/m0../s1. The number of rotatable bonds is 3. The van der Waals surface area contributed by atoms with E-state index in [0.717, 1.165) is 3.93 Å². The number of ether oxygens (including phenoxy) is 1. The van der Waals surface area contributed by atoms with Crippen LogP contribution in [0.15, 0.2) is 0 Å². The maximum atomic E-state index is 10.5. The molecule has 1 rings (SSSR count). The third-order valence-corrected chi connectivity index (χ3v) is 7.38. The van der Waals surface area contributed by atoms with Crippen molar-refractivity contribution < 1.29 is 47.0 Å². The maximum absolute atomic E-state index is 10.5. The predicted octanol–water partition coefficient (Wildman–Crippen LogP) is 0.658. The summed E-state index contributed by atoms with van der Waals surface area (Å²) in [7, 11) is 0. The van der Waals surface area contributed by atoms with Gasteiger partial charge in [-0.2, -0.15) is 0 Å². The first-order valence-electron chi connectivity index (χ1n) is 4.25. The van der Waals surface area contributed by atoms with Gasteiger partial charge in [-0.3, -0.25) is 0 Å². The van der Waals surface area contributed by atoms with E-state index in [1.54, 1.807) is 6.92 Å². The second-order valence-corrected chi connectivity index (χ2v) is 7.79. The Morgan fingerprint density at radius 1 is 1.69 bits per heavy atom. The summed E-state index contributed by atoms with van der Waals surface area (Å²) in [5, 5.41) is 0. The van der Waals surface area contributed by atoms with E-state index in [4.69, 9.17) is 17.2 Å². The molecule has 0 N–H and O–H groups in total. The van der Waals surface area contributed by atoms with Crippen LogP contribution in [0.5, 0.6) is 0 Å². The van der Waals surface area contributed by atoms with Gasteiger partial charge in [0.05, 0.1) is 0 Å². The third kappa shape index (κ3) is 4.90. The molecule has 72 valence electrons. The second-order valence-electron chi connectivity index (χ2n) is 2.84. The summed E-state index contributed by atoms with van der Waals surface area (Å²) >= 11 is -1.52. The van der Waals surface area contributed by atoms with Gasteiger partial charge in [0.1, 0.15) is 0 Å². The molecule has 1 aliphatic rings. The molecule has 0 spiro atoms. The summed E-state index contributed by atoms with van der Waals surface area (Å²) in [5.74, 6) is -0.178. The van der Waals surface area contributed by atoms with Crippen LogP contribution in [-0.2, 0) is 47.0 Å². The molecule has 1 heterocycles. The third-order valence-electron chi connectivity index (χ3n) is 1.59. The van der Waals surface area contributed by atoms with Gasteiger partial charge in [-0.25, -0.2) is 0 Å². The van der Waals surface area contributed by atoms with Crippen molar-refractivity contribution in [2.24, 2.45) is 0 Å². The molecule has 0 aromatic carbocycles. The van der Waals surface area contributed by atoms with E-state index in [9.17, 15) is 4.79 Å². The first-order chi connectivity index (χ1) is 6.18. The normalized spacial score (nSPS) is 27.8. The van der Waals surface area contributed by atoms with Crippen molar-refractivity contribution in [3.05, 3.63) is 0 Å². The summed E-state index contributed by atoms with van der Waals surface area (Å²) in [4.78, 5) is 20.0. The molecular formula is C7H12HgO5. The molecule has 1 fully saturated rings. The Kier molecular flexibility index (Phi) is 5.16. The Hall–Kier alpha value is 0.285. The van der Waals surface area contributed by atoms with E-state index in [1.165, 1.54) is 6.92 Å². The van der Waals surface area contributed by atoms with Crippen molar-refractivity contribution in [3.63, 3.8) is 0 Å². The molecule has 2 atom stereocenters. The van der Waals surface area contributed by atoms with Crippen molar-refractivity contribution in [1.82, 2.24) is 0 Å². The van der Waals surface area contributed by atoms with Gasteiger partial charge in [0.15, 0.2) is 0 Å². The van der Waals surface area contributed by atoms with Gasteiger partial charge in [0.2, 0.25) is 0 Å². The minimum absolute atomic E-state index is 0.0461. The molecule has 0 amide bonds. The van der Waals surface area contributed by atoms with Crippen LogP contribution in [0.4, 0.5) is 0 Å². The molecule has 6 heteroatoms. The molecule has 0 aromatic rings. The molecule has 0 unspecified atom stereocenters. The summed E-state index contributed by atoms with van der Waals surface area (Å²) in [6, 6.07) is 0. The van der Waals surface area contributed by atoms with E-state index in [2.05, 4.69) is 0 Å². The topological polar surface area (TPSA) is 54.0 Å². The fraction of sp³-hybridized carbons (Fsp3) is 0.857. The molecule has 0 aromatic heterocycles. The Balaban J connectivity index is 2.10. The Labute approximate surface area is 89.7 Å². The minimum atomic E-state index is -1.52. The number of carbonyl (C=O) groups excluding carboxylic acids is 1. The van der Waals surface area contributed by atoms with Crippen molar-refractivity contribution in [1.29, 1.82) is 0 Å². The molecule has 1 saturated heterocycles. The van der Waals surface area contributed by atoms with Crippen LogP contribution in [0.3, 0.4) is 0 Å². The zero-order valence-electron chi connectivity index (χ0n) is 7.82. The first kappa shape index (κ1) is 11.4. The molecular weight excluding hydrogens is 365 g/mol. The fourth-order valence-electron chi connectivity index (χ4n) is 1.03. The molecule has 13 heavy (non-hydrogen) atoms. The van der Waals surface area contributed by atoms with Gasteiger partial charge >= 0.3 is 89.7 Å². The van der Waals surface area contributed by atoms with Gasteiger partial charge in [0, 0.05) is 0 Å². The van der Waals surface area contributed by atoms with Crippen LogP contribution < -0.4 is 0 Å². The number of carbonyl (C=O) groups is 1. The van der Waals surface area contributed by atoms with Crippen LogP contribution in [0.1, 0.15) is 13.8 Å². The van der Waals surface area contributed by atoms with E-state index < -0.39 is 25.0 Å². The van der Waals surface area contributed by atoms with E-state index >= 15 is 0 Å². The monoisotopic (exact) mass is 378 g/mol. The molecule has 5 nitrogen and oxygen atoms in total. The van der Waals surface area contributed by atoms with Crippen LogP contribution in [-0.4, -0.2) is 25.0 Å². The van der Waals surface area contributed by atoms with Gasteiger partial charge in [-0.15, -0.1) is 0 Å². The van der Waals surface area contributed by atoms with E-state index in [1.807, 2.05) is 0 Å². The van der Waals surface area contributed by atoms with Crippen LogP contribution >= 0.6 is 0 Å². The van der Waals surface area contributed by atoms with Crippen molar-refractivity contribution in [2.75, 3.05) is 6.61 Å². The van der Waals surface area contributed by atoms with Gasteiger partial charge < -0.3 is 0 Å². The van der Waals surface area contributed by atoms with Crippen molar-refractivity contribution >= 4 is 5.97 Å². The zero-order chi connectivity index (χ0) is 9.68. The first-order valence-corrected chi connectivity index (χ1v) is 10.4. The summed E-state index contributed by atoms with van der Waals surface area (Å²) < 4.78 is 11.2. The van der Waals surface area contributed by atoms with Gasteiger partial charge in [0.25, 0.3) is 0 Å². The average Bonchev–Trinajstić information content (AvgIpc) is 2.03. The SMILES string of the molecule is CC(=O)[O][Hg][CH2][C@H]1COO[C@H](C)O1. The van der Waals surface area contributed by atoms with E-state index in [0.29, 0.717) is 6.61 Å². The molecule has 0 aliphatic carbocycles. The summed E-state index contributed by atoms with van der Waals surface area (Å²) in [6.45, 7) is 3.64. The number of hydrogen-bond donors (Lipinski definition) is 0. The Morgan fingerprint density at radius 2 is 2.46 bits per heavy atom.